The van der Waals surface area contributed by atoms with Gasteiger partial charge in [-0.15, -0.1) is 24.0 Å². The predicted molar refractivity (Wildman–Crippen MR) is 130 cm³/mol. The average Bonchev–Trinajstić information content (AvgIpc) is 2.71. The molecular weight excluding hydrogens is 481 g/mol. The predicted octanol–water partition coefficient (Wildman–Crippen LogP) is 3.66. The molecule has 1 aromatic rings. The van der Waals surface area contributed by atoms with Crippen LogP contribution in [0.2, 0.25) is 0 Å². The number of benzene rings is 1. The molecule has 3 N–H and O–H groups in total. The van der Waals surface area contributed by atoms with Gasteiger partial charge in [0.15, 0.2) is 5.96 Å². The van der Waals surface area contributed by atoms with Crippen molar-refractivity contribution in [2.45, 2.75) is 39.7 Å². The van der Waals surface area contributed by atoms with E-state index in [1.165, 1.54) is 33.0 Å². The zero-order valence-corrected chi connectivity index (χ0v) is 20.2. The molecule has 29 heavy (non-hydrogen) atoms. The number of hydrogen-bond donors (Lipinski definition) is 3. The largest absolute Gasteiger partial charge is 0.453 e. The summed E-state index contributed by atoms with van der Waals surface area (Å²) in [6.07, 6.45) is 3.30. The molecule has 0 unspecified atom stereocenters. The third kappa shape index (κ3) is 10.2. The van der Waals surface area contributed by atoms with E-state index in [0.29, 0.717) is 12.2 Å². The van der Waals surface area contributed by atoms with Crippen LogP contribution in [0.25, 0.3) is 0 Å². The van der Waals surface area contributed by atoms with Crippen LogP contribution >= 0.6 is 24.0 Å². The number of guanidine groups is 1. The summed E-state index contributed by atoms with van der Waals surface area (Å²) in [5.74, 6) is 1.72. The normalized spacial score (nSPS) is 15.3. The van der Waals surface area contributed by atoms with Crippen molar-refractivity contribution in [3.8, 4) is 0 Å². The lowest BCUT2D eigenvalue weighted by atomic mass is 9.99. The molecule has 1 aliphatic rings. The van der Waals surface area contributed by atoms with Gasteiger partial charge in [0.05, 0.1) is 13.7 Å². The van der Waals surface area contributed by atoms with Gasteiger partial charge in [-0.1, -0.05) is 19.1 Å². The molecule has 8 heteroatoms. The van der Waals surface area contributed by atoms with Crippen LogP contribution in [0.5, 0.6) is 0 Å². The number of anilines is 1. The summed E-state index contributed by atoms with van der Waals surface area (Å²) in [7, 11) is 1.35. The number of nitrogens with one attached hydrogen (secondary N) is 3. The van der Waals surface area contributed by atoms with Crippen molar-refractivity contribution in [1.82, 2.24) is 15.5 Å². The van der Waals surface area contributed by atoms with E-state index in [9.17, 15) is 4.79 Å². The summed E-state index contributed by atoms with van der Waals surface area (Å²) >= 11 is 0. The molecule has 164 valence electrons. The minimum absolute atomic E-state index is 0. The van der Waals surface area contributed by atoms with Crippen molar-refractivity contribution in [2.24, 2.45) is 10.9 Å². The van der Waals surface area contributed by atoms with Crippen molar-refractivity contribution in [3.05, 3.63) is 29.8 Å². The first kappa shape index (κ1) is 25.5. The molecule has 1 fully saturated rings. The molecule has 0 aliphatic carbocycles. The lowest BCUT2D eigenvalue weighted by molar-refractivity contribution is 0.187. The quantitative estimate of drug-likeness (QED) is 0.212. The highest BCUT2D eigenvalue weighted by molar-refractivity contribution is 14.0. The molecule has 1 heterocycles. The van der Waals surface area contributed by atoms with E-state index < -0.39 is 6.09 Å². The van der Waals surface area contributed by atoms with Crippen molar-refractivity contribution >= 4 is 41.7 Å². The molecule has 1 amide bonds. The maximum absolute atomic E-state index is 11.2. The van der Waals surface area contributed by atoms with Crippen molar-refractivity contribution in [2.75, 3.05) is 45.2 Å². The third-order valence-electron chi connectivity index (χ3n) is 4.97. The fourth-order valence-electron chi connectivity index (χ4n) is 3.17. The Kier molecular flexibility index (Phi) is 12.7. The lowest BCUT2D eigenvalue weighted by Gasteiger charge is -2.30. The second-order valence-corrected chi connectivity index (χ2v) is 7.31. The molecule has 1 saturated heterocycles. The third-order valence-corrected chi connectivity index (χ3v) is 4.97. The highest BCUT2D eigenvalue weighted by atomic mass is 127. The fraction of sp³-hybridized carbons (Fsp3) is 0.619. The minimum atomic E-state index is -0.469. The van der Waals surface area contributed by atoms with Crippen molar-refractivity contribution < 1.29 is 9.53 Å². The van der Waals surface area contributed by atoms with Gasteiger partial charge in [0.2, 0.25) is 0 Å². The zero-order valence-electron chi connectivity index (χ0n) is 17.9. The van der Waals surface area contributed by atoms with Crippen LogP contribution in [-0.2, 0) is 11.3 Å². The van der Waals surface area contributed by atoms with E-state index in [4.69, 9.17) is 0 Å². The molecule has 0 aromatic heterocycles. The Labute approximate surface area is 192 Å². The van der Waals surface area contributed by atoms with Crippen LogP contribution in [0.4, 0.5) is 10.5 Å². The smallest absolute Gasteiger partial charge is 0.411 e. The van der Waals surface area contributed by atoms with E-state index in [2.05, 4.69) is 44.4 Å². The molecular formula is C21H36IN5O2. The number of aliphatic imine (C=N–C) groups is 1. The second-order valence-electron chi connectivity index (χ2n) is 7.31. The first-order chi connectivity index (χ1) is 13.6. The van der Waals surface area contributed by atoms with Crippen molar-refractivity contribution in [3.63, 3.8) is 0 Å². The van der Waals surface area contributed by atoms with Crippen LogP contribution in [-0.4, -0.2) is 56.8 Å². The minimum Gasteiger partial charge on any atom is -0.453 e. The zero-order chi connectivity index (χ0) is 20.2. The van der Waals surface area contributed by atoms with E-state index in [0.717, 1.165) is 43.5 Å². The molecule has 0 bridgehead atoms. The van der Waals surface area contributed by atoms with E-state index in [1.54, 1.807) is 0 Å². The maximum atomic E-state index is 11.2. The number of piperidine rings is 1. The number of nitrogens with zero attached hydrogens (tertiary/aromatic N) is 2. The second kappa shape index (κ2) is 14.4. The molecule has 1 aromatic carbocycles. The van der Waals surface area contributed by atoms with Gasteiger partial charge in [-0.3, -0.25) is 5.32 Å². The molecule has 0 atom stereocenters. The molecule has 0 spiro atoms. The maximum Gasteiger partial charge on any atom is 0.411 e. The van der Waals surface area contributed by atoms with Gasteiger partial charge < -0.3 is 20.3 Å². The van der Waals surface area contributed by atoms with E-state index in [1.807, 2.05) is 24.3 Å². The Morgan fingerprint density at radius 1 is 1.21 bits per heavy atom. The van der Waals surface area contributed by atoms with Crippen LogP contribution in [0, 0.1) is 5.92 Å². The van der Waals surface area contributed by atoms with Crippen LogP contribution in [0.15, 0.2) is 29.3 Å². The first-order valence-electron chi connectivity index (χ1n) is 10.3. The molecule has 1 aliphatic heterocycles. The van der Waals surface area contributed by atoms with Crippen LogP contribution in [0.3, 0.4) is 0 Å². The summed E-state index contributed by atoms with van der Waals surface area (Å²) in [4.78, 5) is 18.4. The Morgan fingerprint density at radius 3 is 2.52 bits per heavy atom. The molecule has 0 saturated carbocycles. The number of halogens is 1. The van der Waals surface area contributed by atoms with Gasteiger partial charge in [0.25, 0.3) is 0 Å². The summed E-state index contributed by atoms with van der Waals surface area (Å²) in [5.41, 5.74) is 1.78. The number of rotatable bonds is 8. The summed E-state index contributed by atoms with van der Waals surface area (Å²) in [6, 6.07) is 7.61. The topological polar surface area (TPSA) is 78.0 Å². The lowest BCUT2D eigenvalue weighted by Crippen LogP contribution is -2.39. The SMILES string of the molecule is CCNC(=NCc1ccc(NC(=O)OC)cc1)NCCCN1CCC(C)CC1.I. The van der Waals surface area contributed by atoms with E-state index in [-0.39, 0.29) is 24.0 Å². The van der Waals surface area contributed by atoms with Gasteiger partial charge in [-0.05, 0) is 69.4 Å². The number of likely N-dealkylation sites (tertiary alicyclic amines) is 1. The number of carbonyl (C=O) groups excluding carboxylic acids is 1. The number of amides is 1. The summed E-state index contributed by atoms with van der Waals surface area (Å²) in [6.45, 7) is 10.4. The number of ether oxygens (including phenoxy) is 1. The number of hydrogen-bond acceptors (Lipinski definition) is 4. The summed E-state index contributed by atoms with van der Waals surface area (Å²) < 4.78 is 4.59. The van der Waals surface area contributed by atoms with Gasteiger partial charge >= 0.3 is 6.09 Å². The molecule has 0 radical (unpaired) electrons. The molecule has 2 rings (SSSR count). The van der Waals surface area contributed by atoms with Gasteiger partial charge in [-0.2, -0.15) is 0 Å². The highest BCUT2D eigenvalue weighted by Gasteiger charge is 2.14. The number of methoxy groups -OCH3 is 1. The fourth-order valence-corrected chi connectivity index (χ4v) is 3.17. The van der Waals surface area contributed by atoms with Crippen LogP contribution < -0.4 is 16.0 Å². The van der Waals surface area contributed by atoms with E-state index >= 15 is 0 Å². The Bertz CT molecular complexity index is 616. The average molecular weight is 517 g/mol. The Morgan fingerprint density at radius 2 is 1.90 bits per heavy atom. The van der Waals surface area contributed by atoms with Gasteiger partial charge in [0.1, 0.15) is 0 Å². The Hall–Kier alpha value is -1.55. The first-order valence-corrected chi connectivity index (χ1v) is 10.3. The van der Waals surface area contributed by atoms with Gasteiger partial charge in [-0.25, -0.2) is 9.79 Å². The highest BCUT2D eigenvalue weighted by Crippen LogP contribution is 2.15. The van der Waals surface area contributed by atoms with Crippen molar-refractivity contribution in [1.29, 1.82) is 0 Å². The number of carbonyl (C=O) groups is 1. The standard InChI is InChI=1S/C21H35N5O2.HI/c1-4-22-20(23-12-5-13-26-14-10-17(2)11-15-26)24-16-18-6-8-19(9-7-18)25-21(27)28-3;/h6-9,17H,4-5,10-16H2,1-3H3,(H,25,27)(H2,22,23,24);1H. The Balaban J connectivity index is 0.00000420. The summed E-state index contributed by atoms with van der Waals surface area (Å²) in [5, 5.41) is 9.36. The van der Waals surface area contributed by atoms with Gasteiger partial charge in [0, 0.05) is 18.8 Å². The molecule has 7 nitrogen and oxygen atoms in total. The van der Waals surface area contributed by atoms with Crippen LogP contribution in [0.1, 0.15) is 38.7 Å². The monoisotopic (exact) mass is 517 g/mol.